The molecule has 0 aromatic heterocycles. The van der Waals surface area contributed by atoms with Crippen LogP contribution in [0.1, 0.15) is 10.4 Å². The fraction of sp³-hybridized carbons (Fsp3) is 0.111. The molecule has 15 heavy (non-hydrogen) atoms. The molecule has 0 fully saturated rings. The lowest BCUT2D eigenvalue weighted by Crippen LogP contribution is -2.11. The number of hydrogen-bond acceptors (Lipinski definition) is 3. The van der Waals surface area contributed by atoms with Crippen LogP contribution in [-0.2, 0) is 4.74 Å². The molecule has 0 aliphatic carbocycles. The van der Waals surface area contributed by atoms with Gasteiger partial charge in [0.2, 0.25) is 0 Å². The zero-order valence-electron chi connectivity index (χ0n) is 7.78. The topological polar surface area (TPSA) is 75.6 Å². The van der Waals surface area contributed by atoms with Gasteiger partial charge < -0.3 is 9.84 Å². The number of carboxylic acids is 1. The van der Waals surface area contributed by atoms with Crippen LogP contribution in [0.4, 0.5) is 10.5 Å². The fourth-order valence-corrected chi connectivity index (χ4v) is 1.39. The summed E-state index contributed by atoms with van der Waals surface area (Å²) in [5, 5.41) is 11.1. The minimum Gasteiger partial charge on any atom is -0.478 e. The van der Waals surface area contributed by atoms with Crippen molar-refractivity contribution in [3.63, 3.8) is 0 Å². The fourth-order valence-electron chi connectivity index (χ4n) is 0.910. The van der Waals surface area contributed by atoms with Gasteiger partial charge >= 0.3 is 12.1 Å². The summed E-state index contributed by atoms with van der Waals surface area (Å²) in [7, 11) is 1.24. The highest BCUT2D eigenvalue weighted by Gasteiger charge is 2.08. The first-order chi connectivity index (χ1) is 7.04. The Hall–Kier alpha value is -1.56. The summed E-state index contributed by atoms with van der Waals surface area (Å²) in [5.41, 5.74) is 0.587. The van der Waals surface area contributed by atoms with Crippen LogP contribution in [0.3, 0.4) is 0 Å². The second-order valence-corrected chi connectivity index (χ2v) is 3.47. The number of anilines is 1. The summed E-state index contributed by atoms with van der Waals surface area (Å²) in [6.45, 7) is 0. The Balaban J connectivity index is 2.93. The number of ether oxygens (including phenoxy) is 1. The van der Waals surface area contributed by atoms with Crippen molar-refractivity contribution in [2.24, 2.45) is 0 Å². The van der Waals surface area contributed by atoms with Gasteiger partial charge in [0.25, 0.3) is 0 Å². The smallest absolute Gasteiger partial charge is 0.411 e. The van der Waals surface area contributed by atoms with Crippen LogP contribution in [-0.4, -0.2) is 24.3 Å². The number of carbonyl (C=O) groups is 2. The maximum Gasteiger partial charge on any atom is 0.411 e. The van der Waals surface area contributed by atoms with E-state index in [4.69, 9.17) is 5.11 Å². The third kappa shape index (κ3) is 2.95. The molecule has 0 saturated heterocycles. The van der Waals surface area contributed by atoms with E-state index in [9.17, 15) is 9.59 Å². The molecule has 0 saturated carbocycles. The van der Waals surface area contributed by atoms with Gasteiger partial charge in [-0.15, -0.1) is 0 Å². The summed E-state index contributed by atoms with van der Waals surface area (Å²) >= 11 is 3.14. The number of carboxylic acid groups (broad SMARTS) is 1. The number of methoxy groups -OCH3 is 1. The second-order valence-electron chi connectivity index (χ2n) is 2.62. The third-order valence-electron chi connectivity index (χ3n) is 1.64. The van der Waals surface area contributed by atoms with Crippen LogP contribution in [0.2, 0.25) is 0 Å². The molecule has 0 radical (unpaired) electrons. The molecule has 0 bridgehead atoms. The highest BCUT2D eigenvalue weighted by atomic mass is 79.9. The molecular weight excluding hydrogens is 266 g/mol. The van der Waals surface area contributed by atoms with Crippen LogP contribution < -0.4 is 5.32 Å². The van der Waals surface area contributed by atoms with Gasteiger partial charge in [-0.1, -0.05) is 0 Å². The van der Waals surface area contributed by atoms with Gasteiger partial charge in [0, 0.05) is 4.47 Å². The first kappa shape index (κ1) is 11.5. The van der Waals surface area contributed by atoms with Crippen LogP contribution >= 0.6 is 15.9 Å². The molecule has 6 heteroatoms. The van der Waals surface area contributed by atoms with E-state index in [1.54, 1.807) is 0 Å². The minimum atomic E-state index is -1.03. The highest BCUT2D eigenvalue weighted by Crippen LogP contribution is 2.23. The van der Waals surface area contributed by atoms with E-state index in [1.165, 1.54) is 25.3 Å². The zero-order chi connectivity index (χ0) is 11.4. The third-order valence-corrected chi connectivity index (χ3v) is 2.29. The predicted octanol–water partition coefficient (Wildman–Crippen LogP) is 2.33. The lowest BCUT2D eigenvalue weighted by molar-refractivity contribution is 0.0697. The Bertz CT molecular complexity index is 405. The largest absolute Gasteiger partial charge is 0.478 e. The lowest BCUT2D eigenvalue weighted by atomic mass is 10.2. The number of nitrogens with one attached hydrogen (secondary N) is 1. The Kier molecular flexibility index (Phi) is 3.68. The first-order valence-corrected chi connectivity index (χ1v) is 4.71. The Labute approximate surface area is 94.2 Å². The summed E-state index contributed by atoms with van der Waals surface area (Å²) in [4.78, 5) is 21.5. The van der Waals surface area contributed by atoms with Gasteiger partial charge in [0.05, 0.1) is 18.4 Å². The average molecular weight is 274 g/mol. The van der Waals surface area contributed by atoms with Crippen molar-refractivity contribution in [3.05, 3.63) is 28.2 Å². The van der Waals surface area contributed by atoms with Crippen LogP contribution in [0.5, 0.6) is 0 Å². The van der Waals surface area contributed by atoms with Crippen molar-refractivity contribution >= 4 is 33.7 Å². The number of amides is 1. The predicted molar refractivity (Wildman–Crippen MR) is 57.1 cm³/mol. The molecule has 0 heterocycles. The quantitative estimate of drug-likeness (QED) is 0.867. The summed E-state index contributed by atoms with van der Waals surface area (Å²) in [6.07, 6.45) is -0.612. The molecule has 5 nitrogen and oxygen atoms in total. The second kappa shape index (κ2) is 4.79. The van der Waals surface area contributed by atoms with E-state index < -0.39 is 12.1 Å². The molecule has 1 rings (SSSR count). The Morgan fingerprint density at radius 3 is 2.60 bits per heavy atom. The SMILES string of the molecule is COC(=O)Nc1ccc(C(=O)O)cc1Br. The van der Waals surface area contributed by atoms with E-state index >= 15 is 0 Å². The highest BCUT2D eigenvalue weighted by molar-refractivity contribution is 9.10. The zero-order valence-corrected chi connectivity index (χ0v) is 9.37. The van der Waals surface area contributed by atoms with Crippen molar-refractivity contribution < 1.29 is 19.4 Å². The number of hydrogen-bond donors (Lipinski definition) is 2. The Morgan fingerprint density at radius 1 is 1.47 bits per heavy atom. The van der Waals surface area contributed by atoms with Crippen LogP contribution in [0.15, 0.2) is 22.7 Å². The molecular formula is C9H8BrNO4. The molecule has 2 N–H and O–H groups in total. The summed E-state index contributed by atoms with van der Waals surface area (Å²) in [6, 6.07) is 4.26. The molecule has 1 aromatic rings. The molecule has 0 atom stereocenters. The van der Waals surface area contributed by atoms with E-state index in [1.807, 2.05) is 0 Å². The number of benzene rings is 1. The van der Waals surface area contributed by atoms with Gasteiger partial charge in [0.1, 0.15) is 0 Å². The minimum absolute atomic E-state index is 0.136. The maximum atomic E-state index is 10.9. The van der Waals surface area contributed by atoms with Gasteiger partial charge in [0.15, 0.2) is 0 Å². The van der Waals surface area contributed by atoms with Crippen LogP contribution in [0.25, 0.3) is 0 Å². The standard InChI is InChI=1S/C9H8BrNO4/c1-15-9(14)11-7-3-2-5(8(12)13)4-6(7)10/h2-4H,1H3,(H,11,14)(H,12,13). The normalized spacial score (nSPS) is 9.47. The van der Waals surface area contributed by atoms with Crippen molar-refractivity contribution in [1.29, 1.82) is 0 Å². The van der Waals surface area contributed by atoms with Crippen molar-refractivity contribution in [3.8, 4) is 0 Å². The van der Waals surface area contributed by atoms with Crippen molar-refractivity contribution in [2.45, 2.75) is 0 Å². The maximum absolute atomic E-state index is 10.9. The summed E-state index contributed by atoms with van der Waals surface area (Å²) in [5.74, 6) is -1.03. The van der Waals surface area contributed by atoms with E-state index in [2.05, 4.69) is 26.0 Å². The van der Waals surface area contributed by atoms with Crippen molar-refractivity contribution in [2.75, 3.05) is 12.4 Å². The van der Waals surface area contributed by atoms with Crippen LogP contribution in [0, 0.1) is 0 Å². The molecule has 1 aromatic carbocycles. The first-order valence-electron chi connectivity index (χ1n) is 3.92. The number of rotatable bonds is 2. The van der Waals surface area contributed by atoms with Gasteiger partial charge in [-0.05, 0) is 34.1 Å². The molecule has 0 aliphatic heterocycles. The average Bonchev–Trinajstić information content (AvgIpc) is 2.20. The summed E-state index contributed by atoms with van der Waals surface area (Å²) < 4.78 is 4.88. The monoisotopic (exact) mass is 273 g/mol. The molecule has 1 amide bonds. The van der Waals surface area contributed by atoms with E-state index in [0.717, 1.165) is 0 Å². The lowest BCUT2D eigenvalue weighted by Gasteiger charge is -2.06. The number of halogens is 1. The molecule has 0 unspecified atom stereocenters. The van der Waals surface area contributed by atoms with E-state index in [-0.39, 0.29) is 5.56 Å². The van der Waals surface area contributed by atoms with Crippen molar-refractivity contribution in [1.82, 2.24) is 0 Å². The number of carbonyl (C=O) groups excluding carboxylic acids is 1. The molecule has 80 valence electrons. The molecule has 0 spiro atoms. The Morgan fingerprint density at radius 2 is 2.13 bits per heavy atom. The van der Waals surface area contributed by atoms with E-state index in [0.29, 0.717) is 10.2 Å². The van der Waals surface area contributed by atoms with Gasteiger partial charge in [-0.3, -0.25) is 5.32 Å². The van der Waals surface area contributed by atoms with Gasteiger partial charge in [-0.25, -0.2) is 9.59 Å². The molecule has 0 aliphatic rings. The number of aromatic carboxylic acids is 1. The van der Waals surface area contributed by atoms with Gasteiger partial charge in [-0.2, -0.15) is 0 Å².